The van der Waals surface area contributed by atoms with Crippen molar-refractivity contribution in [1.29, 1.82) is 0 Å². The largest absolute Gasteiger partial charge is 0.310 e. The Kier molecular flexibility index (Phi) is 11.1. The summed E-state index contributed by atoms with van der Waals surface area (Å²) in [6.07, 6.45) is 0. The molecule has 13 aromatic rings. The first-order chi connectivity index (χ1) is 39.5. The van der Waals surface area contributed by atoms with Gasteiger partial charge in [0.15, 0.2) is 0 Å². The third-order valence-corrected chi connectivity index (χ3v) is 17.4. The van der Waals surface area contributed by atoms with E-state index in [1.807, 2.05) is 0 Å². The molecule has 0 aliphatic heterocycles. The van der Waals surface area contributed by atoms with Crippen LogP contribution in [0.15, 0.2) is 303 Å². The normalized spacial score (nSPS) is 13.3. The van der Waals surface area contributed by atoms with Crippen LogP contribution in [0.5, 0.6) is 0 Å². The predicted molar refractivity (Wildman–Crippen MR) is 335 cm³/mol. The molecule has 2 heteroatoms. The highest BCUT2D eigenvalue weighted by Crippen LogP contribution is 2.66. The summed E-state index contributed by atoms with van der Waals surface area (Å²) in [5.74, 6) is 0. The summed E-state index contributed by atoms with van der Waals surface area (Å²) in [4.78, 5) is 4.82. The van der Waals surface area contributed by atoms with Crippen molar-refractivity contribution in [1.82, 2.24) is 0 Å². The van der Waals surface area contributed by atoms with Crippen LogP contribution in [0.25, 0.3) is 43.8 Å². The van der Waals surface area contributed by atoms with Gasteiger partial charge in [-0.25, -0.2) is 0 Å². The van der Waals surface area contributed by atoms with Gasteiger partial charge in [-0.05, 0) is 198 Å². The lowest BCUT2D eigenvalue weighted by Crippen LogP contribution is -2.31. The lowest BCUT2D eigenvalue weighted by atomic mass is 9.64. The zero-order chi connectivity index (χ0) is 53.4. The first-order valence-electron chi connectivity index (χ1n) is 27.9. The van der Waals surface area contributed by atoms with Gasteiger partial charge in [-0.3, -0.25) is 0 Å². The van der Waals surface area contributed by atoms with Crippen molar-refractivity contribution in [2.24, 2.45) is 0 Å². The van der Waals surface area contributed by atoms with E-state index in [0.29, 0.717) is 0 Å². The average Bonchev–Trinajstić information content (AvgIpc) is 2.93. The van der Waals surface area contributed by atoms with E-state index in [0.717, 1.165) is 34.1 Å². The van der Waals surface area contributed by atoms with E-state index in [2.05, 4.69) is 327 Å². The average molecular weight is 1020 g/mol. The molecule has 0 N–H and O–H groups in total. The summed E-state index contributed by atoms with van der Waals surface area (Å²) in [6.45, 7) is 4.41. The number of para-hydroxylation sites is 4. The predicted octanol–water partition coefficient (Wildman–Crippen LogP) is 20.3. The van der Waals surface area contributed by atoms with Gasteiger partial charge in [0.2, 0.25) is 0 Å². The number of nitrogens with zero attached hydrogens (tertiary/aromatic N) is 2. The van der Waals surface area contributed by atoms with E-state index >= 15 is 0 Å². The number of hydrogen-bond donors (Lipinski definition) is 0. The van der Waals surface area contributed by atoms with E-state index in [1.54, 1.807) is 0 Å². The third-order valence-electron chi connectivity index (χ3n) is 17.4. The lowest BCUT2D eigenvalue weighted by Gasteiger charge is -2.37. The van der Waals surface area contributed by atoms with Gasteiger partial charge in [0.05, 0.1) is 10.8 Å². The minimum atomic E-state index is -0.721. The number of anilines is 6. The van der Waals surface area contributed by atoms with Gasteiger partial charge in [-0.1, -0.05) is 218 Å². The Balaban J connectivity index is 1.04. The van der Waals surface area contributed by atoms with Crippen molar-refractivity contribution in [2.75, 3.05) is 9.80 Å². The summed E-state index contributed by atoms with van der Waals surface area (Å²) in [5.41, 5.74) is 23.0. The molecular formula is C78H56N2. The fourth-order valence-electron chi connectivity index (χ4n) is 13.9. The van der Waals surface area contributed by atoms with Crippen LogP contribution in [0.2, 0.25) is 0 Å². The van der Waals surface area contributed by atoms with E-state index in [9.17, 15) is 0 Å². The maximum atomic E-state index is 2.54. The summed E-state index contributed by atoms with van der Waals surface area (Å²) in [7, 11) is 0. The van der Waals surface area contributed by atoms with E-state index < -0.39 is 10.8 Å². The smallest absolute Gasteiger partial charge is 0.0719 e. The van der Waals surface area contributed by atoms with Gasteiger partial charge in [0, 0.05) is 34.1 Å². The van der Waals surface area contributed by atoms with Crippen LogP contribution in [0.1, 0.15) is 55.6 Å². The van der Waals surface area contributed by atoms with Gasteiger partial charge in [0.25, 0.3) is 0 Å². The summed E-state index contributed by atoms with van der Waals surface area (Å²) < 4.78 is 0. The van der Waals surface area contributed by atoms with Crippen molar-refractivity contribution in [3.63, 3.8) is 0 Å². The second-order valence-corrected chi connectivity index (χ2v) is 21.6. The second-order valence-electron chi connectivity index (χ2n) is 21.6. The Morgan fingerprint density at radius 3 is 1.06 bits per heavy atom. The molecule has 0 radical (unpaired) electrons. The Morgan fingerprint density at radius 1 is 0.250 bits per heavy atom. The van der Waals surface area contributed by atoms with Crippen LogP contribution in [-0.4, -0.2) is 0 Å². The molecule has 2 nitrogen and oxygen atoms in total. The number of hydrogen-bond acceptors (Lipinski definition) is 2. The Bertz CT molecular complexity index is 4400. The van der Waals surface area contributed by atoms with Crippen molar-refractivity contribution in [3.8, 4) is 22.3 Å². The van der Waals surface area contributed by atoms with Crippen LogP contribution < -0.4 is 9.80 Å². The van der Waals surface area contributed by atoms with Gasteiger partial charge < -0.3 is 9.80 Å². The number of aryl methyl sites for hydroxylation is 2. The monoisotopic (exact) mass is 1020 g/mol. The van der Waals surface area contributed by atoms with Crippen LogP contribution in [0.3, 0.4) is 0 Å². The fraction of sp³-hybridized carbons (Fsp3) is 0.0513. The Hall–Kier alpha value is -10.0. The zero-order valence-corrected chi connectivity index (χ0v) is 44.8. The van der Waals surface area contributed by atoms with Gasteiger partial charge in [-0.2, -0.15) is 0 Å². The highest BCUT2D eigenvalue weighted by molar-refractivity contribution is 6.05. The molecule has 0 fully saturated rings. The molecule has 0 spiro atoms. The quantitative estimate of drug-likeness (QED) is 0.135. The maximum absolute atomic E-state index is 2.54. The molecule has 0 bridgehead atoms. The topological polar surface area (TPSA) is 6.48 Å². The van der Waals surface area contributed by atoms with Crippen molar-refractivity contribution < 1.29 is 0 Å². The number of rotatable bonds is 10. The summed E-state index contributed by atoms with van der Waals surface area (Å²) in [5, 5.41) is 4.78. The minimum Gasteiger partial charge on any atom is -0.310 e. The molecule has 13 aromatic carbocycles. The third kappa shape index (κ3) is 7.12. The Labute approximate surface area is 468 Å². The Morgan fingerprint density at radius 2 is 0.625 bits per heavy atom. The fourth-order valence-corrected chi connectivity index (χ4v) is 13.9. The molecule has 2 aliphatic carbocycles. The number of fused-ring (bicyclic) bond motifs is 9. The summed E-state index contributed by atoms with van der Waals surface area (Å²) >= 11 is 0. The molecule has 80 heavy (non-hydrogen) atoms. The van der Waals surface area contributed by atoms with Crippen LogP contribution >= 0.6 is 0 Å². The molecule has 15 rings (SSSR count). The van der Waals surface area contributed by atoms with Crippen LogP contribution in [0, 0.1) is 13.8 Å². The second kappa shape index (κ2) is 18.9. The molecule has 2 aliphatic rings. The van der Waals surface area contributed by atoms with E-state index in [1.165, 1.54) is 99.4 Å². The molecule has 0 atom stereocenters. The number of benzene rings is 13. The molecule has 0 saturated carbocycles. The highest BCUT2D eigenvalue weighted by Gasteiger charge is 2.54. The zero-order valence-electron chi connectivity index (χ0n) is 44.8. The first-order valence-corrected chi connectivity index (χ1v) is 27.9. The molecule has 0 amide bonds. The first kappa shape index (κ1) is 47.2. The van der Waals surface area contributed by atoms with Crippen LogP contribution in [0.4, 0.5) is 34.1 Å². The van der Waals surface area contributed by atoms with Crippen LogP contribution in [-0.2, 0) is 10.8 Å². The maximum Gasteiger partial charge on any atom is 0.0719 e. The van der Waals surface area contributed by atoms with Crippen molar-refractivity contribution >= 4 is 55.7 Å². The van der Waals surface area contributed by atoms with Gasteiger partial charge in [0.1, 0.15) is 0 Å². The van der Waals surface area contributed by atoms with Crippen molar-refractivity contribution in [3.05, 3.63) is 359 Å². The lowest BCUT2D eigenvalue weighted by molar-refractivity contribution is 0.755. The highest BCUT2D eigenvalue weighted by atomic mass is 15.1. The molecule has 378 valence electrons. The standard InChI is InChI=1S/C78H56N2/c1-53-25-21-23-39-73(53)79(63-35-17-7-18-36-63)65-43-41-55-49-68-67-45-46-70-75(76(67)78(61-31-13-5-14-32-61,62-33-15-6-16-34-62)71(68)51-57(55)47-65)69-50-56-42-44-66(80(64-37-19-8-20-38-64)74-40-24-22-26-54(74)2)48-58(56)52-72(69)77(70,59-27-9-3-10-28-59)60-29-11-4-12-30-60/h3-52H,1-2H3. The van der Waals surface area contributed by atoms with E-state index in [4.69, 9.17) is 0 Å². The molecule has 0 aromatic heterocycles. The van der Waals surface area contributed by atoms with E-state index in [-0.39, 0.29) is 0 Å². The molecule has 0 saturated heterocycles. The SMILES string of the molecule is Cc1ccccc1N(c1ccccc1)c1ccc2cc3c(cc2c1)C(c1ccccc1)(c1ccccc1)c1ccc2c(c1-3)C(c1ccccc1)(c1ccccc1)c1cc3cc(N(c4ccccc4)c4ccccc4C)ccc3cc1-2. The summed E-state index contributed by atoms with van der Waals surface area (Å²) in [6, 6.07) is 113. The molecular weight excluding hydrogens is 965 g/mol. The van der Waals surface area contributed by atoms with Gasteiger partial charge in [-0.15, -0.1) is 0 Å². The van der Waals surface area contributed by atoms with Gasteiger partial charge >= 0.3 is 0 Å². The van der Waals surface area contributed by atoms with Crippen molar-refractivity contribution in [2.45, 2.75) is 24.7 Å². The molecule has 0 heterocycles. The molecule has 0 unspecified atom stereocenters. The minimum absolute atomic E-state index is 0.675.